The van der Waals surface area contributed by atoms with Gasteiger partial charge in [0.1, 0.15) is 0 Å². The van der Waals surface area contributed by atoms with Crippen LogP contribution in [-0.4, -0.2) is 6.54 Å². The largest absolute Gasteiger partial charge is 0.312 e. The summed E-state index contributed by atoms with van der Waals surface area (Å²) in [6.07, 6.45) is 6.46. The number of nitrogens with one attached hydrogen (secondary N) is 1. The van der Waals surface area contributed by atoms with Crippen LogP contribution < -0.4 is 5.32 Å². The molecule has 0 amide bonds. The van der Waals surface area contributed by atoms with Crippen molar-refractivity contribution < 1.29 is 0 Å². The van der Waals surface area contributed by atoms with Gasteiger partial charge < -0.3 is 5.32 Å². The summed E-state index contributed by atoms with van der Waals surface area (Å²) >= 11 is 12.0. The third-order valence-corrected chi connectivity index (χ3v) is 5.45. The SMILES string of the molecule is Clc1ccc(CCNCc2ccc(C3CCCC3)cc2)cc1Cl. The molecule has 3 rings (SSSR count). The number of hydrogen-bond donors (Lipinski definition) is 1. The summed E-state index contributed by atoms with van der Waals surface area (Å²) in [5.41, 5.74) is 4.08. The Morgan fingerprint density at radius 2 is 1.57 bits per heavy atom. The Morgan fingerprint density at radius 1 is 0.870 bits per heavy atom. The summed E-state index contributed by atoms with van der Waals surface area (Å²) < 4.78 is 0. The Kier molecular flexibility index (Phi) is 5.99. The average molecular weight is 348 g/mol. The van der Waals surface area contributed by atoms with Gasteiger partial charge in [0.2, 0.25) is 0 Å². The molecule has 1 aliphatic carbocycles. The monoisotopic (exact) mass is 347 g/mol. The van der Waals surface area contributed by atoms with Crippen molar-refractivity contribution in [3.63, 3.8) is 0 Å². The normalized spacial score (nSPS) is 15.2. The highest BCUT2D eigenvalue weighted by Crippen LogP contribution is 2.33. The average Bonchev–Trinajstić information content (AvgIpc) is 3.10. The van der Waals surface area contributed by atoms with E-state index in [1.54, 1.807) is 0 Å². The highest BCUT2D eigenvalue weighted by molar-refractivity contribution is 6.42. The summed E-state index contributed by atoms with van der Waals surface area (Å²) in [4.78, 5) is 0. The lowest BCUT2D eigenvalue weighted by Crippen LogP contribution is -2.16. The molecule has 1 fully saturated rings. The van der Waals surface area contributed by atoms with E-state index in [0.717, 1.165) is 25.4 Å². The van der Waals surface area contributed by atoms with Crippen molar-refractivity contribution in [3.05, 3.63) is 69.2 Å². The zero-order chi connectivity index (χ0) is 16.1. The highest BCUT2D eigenvalue weighted by atomic mass is 35.5. The number of hydrogen-bond acceptors (Lipinski definition) is 1. The molecule has 0 aromatic heterocycles. The Bertz CT molecular complexity index is 631. The van der Waals surface area contributed by atoms with Crippen LogP contribution in [0.5, 0.6) is 0 Å². The molecule has 2 aromatic rings. The maximum absolute atomic E-state index is 6.04. The Labute approximate surface area is 149 Å². The predicted molar refractivity (Wildman–Crippen MR) is 99.5 cm³/mol. The van der Waals surface area contributed by atoms with Crippen LogP contribution in [0, 0.1) is 0 Å². The molecule has 1 N–H and O–H groups in total. The lowest BCUT2D eigenvalue weighted by atomic mass is 9.97. The summed E-state index contributed by atoms with van der Waals surface area (Å²) in [7, 11) is 0. The maximum atomic E-state index is 6.04. The minimum absolute atomic E-state index is 0.616. The van der Waals surface area contributed by atoms with Gasteiger partial charge in [-0.2, -0.15) is 0 Å². The van der Waals surface area contributed by atoms with Crippen LogP contribution in [0.4, 0.5) is 0 Å². The maximum Gasteiger partial charge on any atom is 0.0595 e. The molecule has 0 unspecified atom stereocenters. The third kappa shape index (κ3) is 4.73. The lowest BCUT2D eigenvalue weighted by Gasteiger charge is -2.11. The predicted octanol–water partition coefficient (Wildman–Crippen LogP) is 5.98. The fourth-order valence-corrected chi connectivity index (χ4v) is 3.65. The third-order valence-electron chi connectivity index (χ3n) is 4.71. The first-order valence-corrected chi connectivity index (χ1v) is 9.21. The van der Waals surface area contributed by atoms with Gasteiger partial charge in [0.25, 0.3) is 0 Å². The van der Waals surface area contributed by atoms with Gasteiger partial charge in [-0.3, -0.25) is 0 Å². The molecule has 0 heterocycles. The Morgan fingerprint density at radius 3 is 2.26 bits per heavy atom. The van der Waals surface area contributed by atoms with Gasteiger partial charge >= 0.3 is 0 Å². The van der Waals surface area contributed by atoms with Crippen LogP contribution >= 0.6 is 23.2 Å². The van der Waals surface area contributed by atoms with E-state index in [9.17, 15) is 0 Å². The molecule has 0 saturated heterocycles. The van der Waals surface area contributed by atoms with Crippen LogP contribution in [0.25, 0.3) is 0 Å². The first-order chi connectivity index (χ1) is 11.2. The van der Waals surface area contributed by atoms with E-state index in [-0.39, 0.29) is 0 Å². The molecule has 0 atom stereocenters. The van der Waals surface area contributed by atoms with Gasteiger partial charge in [-0.25, -0.2) is 0 Å². The quantitative estimate of drug-likeness (QED) is 0.633. The number of rotatable bonds is 6. The number of benzene rings is 2. The van der Waals surface area contributed by atoms with Crippen molar-refractivity contribution in [2.75, 3.05) is 6.54 Å². The lowest BCUT2D eigenvalue weighted by molar-refractivity contribution is 0.684. The second kappa shape index (κ2) is 8.19. The first-order valence-electron chi connectivity index (χ1n) is 8.46. The van der Waals surface area contributed by atoms with E-state index >= 15 is 0 Å². The van der Waals surface area contributed by atoms with Gasteiger partial charge in [-0.15, -0.1) is 0 Å². The molecule has 3 heteroatoms. The van der Waals surface area contributed by atoms with E-state index in [2.05, 4.69) is 29.6 Å². The van der Waals surface area contributed by atoms with Crippen molar-refractivity contribution in [2.45, 2.75) is 44.6 Å². The van der Waals surface area contributed by atoms with E-state index in [0.29, 0.717) is 10.0 Å². The van der Waals surface area contributed by atoms with Gasteiger partial charge in [0, 0.05) is 6.54 Å². The molecular formula is C20H23Cl2N. The van der Waals surface area contributed by atoms with Gasteiger partial charge in [0.05, 0.1) is 10.0 Å². The number of halogens is 2. The molecule has 0 spiro atoms. The standard InChI is InChI=1S/C20H23Cl2N/c21-19-10-7-15(13-20(19)22)11-12-23-14-16-5-8-18(9-6-16)17-3-1-2-4-17/h5-10,13,17,23H,1-4,11-12,14H2. The van der Waals surface area contributed by atoms with E-state index in [1.165, 1.54) is 42.4 Å². The van der Waals surface area contributed by atoms with E-state index in [1.807, 2.05) is 18.2 Å². The molecule has 122 valence electrons. The molecule has 2 aromatic carbocycles. The molecule has 0 bridgehead atoms. The van der Waals surface area contributed by atoms with Gasteiger partial charge in [-0.05, 0) is 60.5 Å². The second-order valence-corrected chi connectivity index (χ2v) is 7.21. The summed E-state index contributed by atoms with van der Waals surface area (Å²) in [5.74, 6) is 0.798. The molecule has 23 heavy (non-hydrogen) atoms. The first kappa shape index (κ1) is 16.8. The minimum Gasteiger partial charge on any atom is -0.312 e. The van der Waals surface area contributed by atoms with Crippen LogP contribution in [0.2, 0.25) is 10.0 Å². The van der Waals surface area contributed by atoms with Gasteiger partial charge in [-0.1, -0.05) is 66.4 Å². The molecule has 1 saturated carbocycles. The fraction of sp³-hybridized carbons (Fsp3) is 0.400. The fourth-order valence-electron chi connectivity index (χ4n) is 3.33. The smallest absolute Gasteiger partial charge is 0.0595 e. The molecule has 0 radical (unpaired) electrons. The molecule has 1 aliphatic rings. The molecule has 1 nitrogen and oxygen atoms in total. The summed E-state index contributed by atoms with van der Waals surface area (Å²) in [6, 6.07) is 15.0. The molecule has 0 aliphatic heterocycles. The second-order valence-electron chi connectivity index (χ2n) is 6.40. The topological polar surface area (TPSA) is 12.0 Å². The van der Waals surface area contributed by atoms with Crippen molar-refractivity contribution in [3.8, 4) is 0 Å². The van der Waals surface area contributed by atoms with E-state index in [4.69, 9.17) is 23.2 Å². The highest BCUT2D eigenvalue weighted by Gasteiger charge is 2.16. The molecular weight excluding hydrogens is 325 g/mol. The zero-order valence-corrected chi connectivity index (χ0v) is 14.8. The van der Waals surface area contributed by atoms with Crippen LogP contribution in [0.1, 0.15) is 48.3 Å². The summed E-state index contributed by atoms with van der Waals surface area (Å²) in [5, 5.41) is 4.74. The van der Waals surface area contributed by atoms with Crippen molar-refractivity contribution in [1.29, 1.82) is 0 Å². The van der Waals surface area contributed by atoms with Crippen molar-refractivity contribution >= 4 is 23.2 Å². The van der Waals surface area contributed by atoms with Crippen molar-refractivity contribution in [2.24, 2.45) is 0 Å². The zero-order valence-electron chi connectivity index (χ0n) is 13.3. The van der Waals surface area contributed by atoms with Crippen molar-refractivity contribution in [1.82, 2.24) is 5.32 Å². The van der Waals surface area contributed by atoms with E-state index < -0.39 is 0 Å². The van der Waals surface area contributed by atoms with Crippen LogP contribution in [0.3, 0.4) is 0 Å². The Balaban J connectivity index is 1.44. The summed E-state index contributed by atoms with van der Waals surface area (Å²) in [6.45, 7) is 1.84. The van der Waals surface area contributed by atoms with Gasteiger partial charge in [0.15, 0.2) is 0 Å². The van der Waals surface area contributed by atoms with Crippen LogP contribution in [-0.2, 0) is 13.0 Å². The van der Waals surface area contributed by atoms with Crippen LogP contribution in [0.15, 0.2) is 42.5 Å². The minimum atomic E-state index is 0.616. The Hall–Kier alpha value is -1.02.